The summed E-state index contributed by atoms with van der Waals surface area (Å²) in [5, 5.41) is 6.14. The Balaban J connectivity index is 1.67. The highest BCUT2D eigenvalue weighted by atomic mass is 35.5. The van der Waals surface area contributed by atoms with Crippen LogP contribution < -0.4 is 10.6 Å². The van der Waals surface area contributed by atoms with E-state index in [9.17, 15) is 9.59 Å². The molecular formula is C21H18ClN3O2. The number of aryl methyl sites for hydroxylation is 1. The number of nitrogens with one attached hydrogen (secondary N) is 2. The number of benzene rings is 2. The maximum Gasteiger partial charge on any atom is 0.270 e. The van der Waals surface area contributed by atoms with Crippen molar-refractivity contribution >= 4 is 29.1 Å². The molecule has 0 saturated carbocycles. The van der Waals surface area contributed by atoms with Gasteiger partial charge in [0.25, 0.3) is 11.8 Å². The molecule has 0 aliphatic heterocycles. The smallest absolute Gasteiger partial charge is 0.270 e. The second kappa shape index (κ2) is 8.47. The molecule has 0 radical (unpaired) electrons. The Hall–Kier alpha value is -3.18. The van der Waals surface area contributed by atoms with Crippen LogP contribution in [0, 0.1) is 6.92 Å². The average molecular weight is 380 g/mol. The number of amides is 2. The summed E-state index contributed by atoms with van der Waals surface area (Å²) in [6, 6.07) is 17.8. The first-order valence-corrected chi connectivity index (χ1v) is 8.76. The van der Waals surface area contributed by atoms with E-state index in [0.717, 1.165) is 11.1 Å². The molecule has 6 heteroatoms. The van der Waals surface area contributed by atoms with Crippen LogP contribution in [0.5, 0.6) is 0 Å². The number of carbonyl (C=O) groups excluding carboxylic acids is 2. The molecule has 1 heterocycles. The number of halogens is 1. The minimum atomic E-state index is -0.375. The molecule has 136 valence electrons. The third kappa shape index (κ3) is 4.92. The van der Waals surface area contributed by atoms with E-state index in [4.69, 9.17) is 11.6 Å². The molecule has 0 bridgehead atoms. The van der Waals surface area contributed by atoms with E-state index in [1.54, 1.807) is 12.1 Å². The summed E-state index contributed by atoms with van der Waals surface area (Å²) in [6.45, 7) is 2.25. The Morgan fingerprint density at radius 3 is 2.48 bits per heavy atom. The lowest BCUT2D eigenvalue weighted by atomic mass is 10.2. The van der Waals surface area contributed by atoms with Crippen LogP contribution in [-0.4, -0.2) is 16.8 Å². The van der Waals surface area contributed by atoms with Crippen molar-refractivity contribution in [3.63, 3.8) is 0 Å². The van der Waals surface area contributed by atoms with E-state index in [1.165, 1.54) is 12.3 Å². The standard InChI is InChI=1S/C21H18ClN3O2/c1-14-6-8-17(9-7-14)25-20(26)15-10-11-23-19(12-15)21(27)24-13-16-4-2-3-5-18(16)22/h2-12H,13H2,1H3,(H,24,27)(H,25,26). The maximum absolute atomic E-state index is 12.4. The molecule has 0 aliphatic carbocycles. The van der Waals surface area contributed by atoms with Gasteiger partial charge >= 0.3 is 0 Å². The lowest BCUT2D eigenvalue weighted by molar-refractivity contribution is 0.0946. The van der Waals surface area contributed by atoms with E-state index < -0.39 is 0 Å². The number of aromatic nitrogens is 1. The second-order valence-corrected chi connectivity index (χ2v) is 6.43. The minimum absolute atomic E-state index is 0.165. The highest BCUT2D eigenvalue weighted by molar-refractivity contribution is 6.31. The second-order valence-electron chi connectivity index (χ2n) is 6.02. The fraction of sp³-hybridized carbons (Fsp3) is 0.0952. The van der Waals surface area contributed by atoms with Crippen molar-refractivity contribution in [2.75, 3.05) is 5.32 Å². The summed E-state index contributed by atoms with van der Waals surface area (Å²) < 4.78 is 0. The molecular weight excluding hydrogens is 362 g/mol. The monoisotopic (exact) mass is 379 g/mol. The molecule has 2 N–H and O–H groups in total. The molecule has 2 aromatic carbocycles. The van der Waals surface area contributed by atoms with Crippen LogP contribution in [0.15, 0.2) is 66.9 Å². The summed E-state index contributed by atoms with van der Waals surface area (Å²) in [4.78, 5) is 28.8. The lowest BCUT2D eigenvalue weighted by Gasteiger charge is -2.08. The van der Waals surface area contributed by atoms with Gasteiger partial charge in [-0.25, -0.2) is 0 Å². The summed E-state index contributed by atoms with van der Waals surface area (Å²) in [5.41, 5.74) is 3.12. The quantitative estimate of drug-likeness (QED) is 0.697. The molecule has 0 spiro atoms. The lowest BCUT2D eigenvalue weighted by Crippen LogP contribution is -2.24. The molecule has 0 saturated heterocycles. The number of anilines is 1. The van der Waals surface area contributed by atoms with Gasteiger partial charge in [-0.15, -0.1) is 0 Å². The Kier molecular flexibility index (Phi) is 5.84. The van der Waals surface area contributed by atoms with Gasteiger partial charge in [0.15, 0.2) is 0 Å². The van der Waals surface area contributed by atoms with Gasteiger partial charge in [0, 0.05) is 29.0 Å². The van der Waals surface area contributed by atoms with Crippen LogP contribution >= 0.6 is 11.6 Å². The van der Waals surface area contributed by atoms with Crippen LogP contribution in [0.25, 0.3) is 0 Å². The maximum atomic E-state index is 12.4. The average Bonchev–Trinajstić information content (AvgIpc) is 2.69. The zero-order chi connectivity index (χ0) is 19.2. The van der Waals surface area contributed by atoms with Crippen LogP contribution in [0.2, 0.25) is 5.02 Å². The molecule has 0 atom stereocenters. The summed E-state index contributed by atoms with van der Waals surface area (Å²) in [7, 11) is 0. The molecule has 0 aliphatic rings. The van der Waals surface area contributed by atoms with Crippen molar-refractivity contribution in [1.29, 1.82) is 0 Å². The molecule has 1 aromatic heterocycles. The van der Waals surface area contributed by atoms with E-state index in [2.05, 4.69) is 15.6 Å². The highest BCUT2D eigenvalue weighted by Crippen LogP contribution is 2.15. The zero-order valence-electron chi connectivity index (χ0n) is 14.7. The third-order valence-electron chi connectivity index (χ3n) is 3.96. The van der Waals surface area contributed by atoms with Gasteiger partial charge in [0.1, 0.15) is 5.69 Å². The normalized spacial score (nSPS) is 10.3. The van der Waals surface area contributed by atoms with Gasteiger partial charge in [0.05, 0.1) is 0 Å². The molecule has 27 heavy (non-hydrogen) atoms. The minimum Gasteiger partial charge on any atom is -0.347 e. The molecule has 3 aromatic rings. The number of carbonyl (C=O) groups is 2. The van der Waals surface area contributed by atoms with Crippen LogP contribution in [-0.2, 0) is 6.54 Å². The Bertz CT molecular complexity index is 971. The first-order valence-electron chi connectivity index (χ1n) is 8.38. The largest absolute Gasteiger partial charge is 0.347 e. The molecule has 5 nitrogen and oxygen atoms in total. The van der Waals surface area contributed by atoms with E-state index in [0.29, 0.717) is 16.3 Å². The van der Waals surface area contributed by atoms with Crippen molar-refractivity contribution in [3.05, 3.63) is 94.3 Å². The Labute approximate surface area is 162 Å². The van der Waals surface area contributed by atoms with Gasteiger partial charge in [0.2, 0.25) is 0 Å². The predicted molar refractivity (Wildman–Crippen MR) is 106 cm³/mol. The predicted octanol–water partition coefficient (Wildman–Crippen LogP) is 4.23. The van der Waals surface area contributed by atoms with Gasteiger partial charge < -0.3 is 10.6 Å². The molecule has 0 unspecified atom stereocenters. The van der Waals surface area contributed by atoms with Gasteiger partial charge in [-0.1, -0.05) is 47.5 Å². The van der Waals surface area contributed by atoms with E-state index in [1.807, 2.05) is 49.4 Å². The third-order valence-corrected chi connectivity index (χ3v) is 4.33. The molecule has 3 rings (SSSR count). The van der Waals surface area contributed by atoms with E-state index in [-0.39, 0.29) is 24.1 Å². The topological polar surface area (TPSA) is 71.1 Å². The van der Waals surface area contributed by atoms with Crippen LogP contribution in [0.4, 0.5) is 5.69 Å². The van der Waals surface area contributed by atoms with Gasteiger partial charge in [-0.2, -0.15) is 0 Å². The number of nitrogens with zero attached hydrogens (tertiary/aromatic N) is 1. The molecule has 2 amide bonds. The van der Waals surface area contributed by atoms with Crippen molar-refractivity contribution in [1.82, 2.24) is 10.3 Å². The number of rotatable bonds is 5. The van der Waals surface area contributed by atoms with Gasteiger partial charge in [-0.05, 0) is 42.8 Å². The first kappa shape index (κ1) is 18.6. The number of hydrogen-bond acceptors (Lipinski definition) is 3. The van der Waals surface area contributed by atoms with Crippen molar-refractivity contribution < 1.29 is 9.59 Å². The summed E-state index contributed by atoms with van der Waals surface area (Å²) >= 11 is 6.09. The molecule has 0 fully saturated rings. The highest BCUT2D eigenvalue weighted by Gasteiger charge is 2.12. The van der Waals surface area contributed by atoms with Gasteiger partial charge in [-0.3, -0.25) is 14.6 Å². The zero-order valence-corrected chi connectivity index (χ0v) is 15.5. The fourth-order valence-corrected chi connectivity index (χ4v) is 2.65. The fourth-order valence-electron chi connectivity index (χ4n) is 2.44. The van der Waals surface area contributed by atoms with Crippen molar-refractivity contribution in [2.45, 2.75) is 13.5 Å². The van der Waals surface area contributed by atoms with Crippen LogP contribution in [0.1, 0.15) is 32.0 Å². The Morgan fingerprint density at radius 1 is 1.00 bits per heavy atom. The summed E-state index contributed by atoms with van der Waals surface area (Å²) in [6.07, 6.45) is 1.44. The summed E-state index contributed by atoms with van der Waals surface area (Å²) in [5.74, 6) is -0.679. The van der Waals surface area contributed by atoms with Crippen LogP contribution in [0.3, 0.4) is 0 Å². The van der Waals surface area contributed by atoms with Crippen molar-refractivity contribution in [3.8, 4) is 0 Å². The number of pyridine rings is 1. The SMILES string of the molecule is Cc1ccc(NC(=O)c2ccnc(C(=O)NCc3ccccc3Cl)c2)cc1. The Morgan fingerprint density at radius 2 is 1.74 bits per heavy atom. The number of hydrogen-bond donors (Lipinski definition) is 2. The first-order chi connectivity index (χ1) is 13.0. The van der Waals surface area contributed by atoms with E-state index >= 15 is 0 Å². The van der Waals surface area contributed by atoms with Crippen molar-refractivity contribution in [2.24, 2.45) is 0 Å².